The number of hydrogen-bond donors (Lipinski definition) is 1. The van der Waals surface area contributed by atoms with Crippen LogP contribution in [0.2, 0.25) is 4.34 Å². The molecule has 1 aliphatic rings. The van der Waals surface area contributed by atoms with Crippen LogP contribution in [0.3, 0.4) is 0 Å². The van der Waals surface area contributed by atoms with Crippen molar-refractivity contribution in [2.24, 2.45) is 23.5 Å². The molecule has 0 aliphatic heterocycles. The number of rotatable bonds is 5. The van der Waals surface area contributed by atoms with Crippen molar-refractivity contribution in [3.63, 3.8) is 0 Å². The summed E-state index contributed by atoms with van der Waals surface area (Å²) in [6, 6.07) is 3.96. The minimum Gasteiger partial charge on any atom is -0.368 e. The molecular formula is C17H28ClNOS. The van der Waals surface area contributed by atoms with Gasteiger partial charge >= 0.3 is 0 Å². The Hall–Kier alpha value is -0.0900. The van der Waals surface area contributed by atoms with Gasteiger partial charge in [-0.25, -0.2) is 0 Å². The smallest absolute Gasteiger partial charge is 0.107 e. The predicted molar refractivity (Wildman–Crippen MR) is 91.9 cm³/mol. The molecule has 0 aromatic carbocycles. The molecule has 1 aromatic heterocycles. The van der Waals surface area contributed by atoms with Crippen LogP contribution in [0.4, 0.5) is 0 Å². The van der Waals surface area contributed by atoms with Crippen molar-refractivity contribution in [3.8, 4) is 0 Å². The molecule has 2 rings (SSSR count). The normalized spacial score (nSPS) is 29.6. The molecule has 2 N–H and O–H groups in total. The first-order valence-electron chi connectivity index (χ1n) is 8.04. The Kier molecular flexibility index (Phi) is 6.13. The van der Waals surface area contributed by atoms with E-state index in [2.05, 4.69) is 26.8 Å². The van der Waals surface area contributed by atoms with Gasteiger partial charge in [0.05, 0.1) is 10.4 Å². The van der Waals surface area contributed by atoms with Gasteiger partial charge in [0.15, 0.2) is 0 Å². The molecule has 0 bridgehead atoms. The zero-order valence-corrected chi connectivity index (χ0v) is 15.1. The summed E-state index contributed by atoms with van der Waals surface area (Å²) in [5, 5.41) is 0. The lowest BCUT2D eigenvalue weighted by Gasteiger charge is -2.39. The summed E-state index contributed by atoms with van der Waals surface area (Å²) in [7, 11) is 0. The number of halogens is 1. The lowest BCUT2D eigenvalue weighted by Crippen LogP contribution is -2.38. The lowest BCUT2D eigenvalue weighted by atomic mass is 9.75. The van der Waals surface area contributed by atoms with Crippen LogP contribution < -0.4 is 5.73 Å². The van der Waals surface area contributed by atoms with Crippen molar-refractivity contribution in [2.75, 3.05) is 0 Å². The van der Waals surface area contributed by atoms with Gasteiger partial charge in [-0.3, -0.25) is 0 Å². The molecule has 5 unspecified atom stereocenters. The Balaban J connectivity index is 2.14. The molecule has 120 valence electrons. The molecule has 5 atom stereocenters. The molecule has 0 saturated heterocycles. The highest BCUT2D eigenvalue weighted by molar-refractivity contribution is 7.16. The average Bonchev–Trinajstić information content (AvgIpc) is 2.81. The van der Waals surface area contributed by atoms with Crippen molar-refractivity contribution in [2.45, 2.75) is 65.2 Å². The fraction of sp³-hybridized carbons (Fsp3) is 0.765. The lowest BCUT2D eigenvalue weighted by molar-refractivity contribution is -0.0872. The molecule has 1 aliphatic carbocycles. The SMILES string of the molecule is CC1CCC(C(C)C)C(OC(c2ccc(Cl)s2)C(C)N)C1. The zero-order chi connectivity index (χ0) is 15.6. The second-order valence-corrected chi connectivity index (χ2v) is 8.67. The first-order valence-corrected chi connectivity index (χ1v) is 9.24. The molecule has 1 fully saturated rings. The molecule has 0 amide bonds. The minimum absolute atomic E-state index is 0.0234. The van der Waals surface area contributed by atoms with Gasteiger partial charge in [-0.15, -0.1) is 11.3 Å². The first-order chi connectivity index (χ1) is 9.88. The summed E-state index contributed by atoms with van der Waals surface area (Å²) in [6.45, 7) is 8.96. The van der Waals surface area contributed by atoms with E-state index in [0.29, 0.717) is 17.9 Å². The van der Waals surface area contributed by atoms with Gasteiger partial charge in [0.25, 0.3) is 0 Å². The van der Waals surface area contributed by atoms with Crippen molar-refractivity contribution in [3.05, 3.63) is 21.3 Å². The van der Waals surface area contributed by atoms with Gasteiger partial charge in [0.2, 0.25) is 0 Å². The van der Waals surface area contributed by atoms with E-state index in [0.717, 1.165) is 21.6 Å². The molecule has 4 heteroatoms. The Morgan fingerprint density at radius 2 is 2.00 bits per heavy atom. The maximum absolute atomic E-state index is 6.52. The second kappa shape index (κ2) is 7.45. The number of ether oxygens (including phenoxy) is 1. The standard InChI is InChI=1S/C17H28ClNOS/c1-10(2)13-6-5-11(3)9-14(13)20-17(12(4)19)15-7-8-16(18)21-15/h7-8,10-14,17H,5-6,9,19H2,1-4H3. The summed E-state index contributed by atoms with van der Waals surface area (Å²) in [4.78, 5) is 1.15. The van der Waals surface area contributed by atoms with E-state index in [1.165, 1.54) is 12.8 Å². The zero-order valence-electron chi connectivity index (χ0n) is 13.5. The third kappa shape index (κ3) is 4.44. The molecular weight excluding hydrogens is 302 g/mol. The van der Waals surface area contributed by atoms with E-state index in [9.17, 15) is 0 Å². The maximum atomic E-state index is 6.52. The average molecular weight is 330 g/mol. The monoisotopic (exact) mass is 329 g/mol. The molecule has 1 heterocycles. The van der Waals surface area contributed by atoms with Crippen molar-refractivity contribution in [1.82, 2.24) is 0 Å². The van der Waals surface area contributed by atoms with E-state index < -0.39 is 0 Å². The van der Waals surface area contributed by atoms with Crippen LogP contribution in [-0.4, -0.2) is 12.1 Å². The van der Waals surface area contributed by atoms with E-state index in [1.807, 2.05) is 13.0 Å². The van der Waals surface area contributed by atoms with Crippen LogP contribution >= 0.6 is 22.9 Å². The number of hydrogen-bond acceptors (Lipinski definition) is 3. The van der Waals surface area contributed by atoms with E-state index in [4.69, 9.17) is 22.1 Å². The Morgan fingerprint density at radius 1 is 1.29 bits per heavy atom. The van der Waals surface area contributed by atoms with Crippen molar-refractivity contribution in [1.29, 1.82) is 0 Å². The van der Waals surface area contributed by atoms with E-state index in [-0.39, 0.29) is 12.1 Å². The highest BCUT2D eigenvalue weighted by atomic mass is 35.5. The van der Waals surface area contributed by atoms with Gasteiger partial charge in [-0.1, -0.05) is 38.8 Å². The first kappa shape index (κ1) is 17.3. The summed E-state index contributed by atoms with van der Waals surface area (Å²) < 4.78 is 7.33. The Labute approximate surface area is 138 Å². The van der Waals surface area contributed by atoms with E-state index >= 15 is 0 Å². The molecule has 2 nitrogen and oxygen atoms in total. The van der Waals surface area contributed by atoms with Gasteiger partial charge in [0.1, 0.15) is 6.10 Å². The number of nitrogens with two attached hydrogens (primary N) is 1. The largest absolute Gasteiger partial charge is 0.368 e. The molecule has 21 heavy (non-hydrogen) atoms. The van der Waals surface area contributed by atoms with Crippen molar-refractivity contribution >= 4 is 22.9 Å². The van der Waals surface area contributed by atoms with E-state index in [1.54, 1.807) is 11.3 Å². The summed E-state index contributed by atoms with van der Waals surface area (Å²) in [5.41, 5.74) is 6.19. The van der Waals surface area contributed by atoms with Gasteiger partial charge < -0.3 is 10.5 Å². The van der Waals surface area contributed by atoms with Crippen LogP contribution in [0.25, 0.3) is 0 Å². The van der Waals surface area contributed by atoms with Gasteiger partial charge in [-0.05, 0) is 49.7 Å². The van der Waals surface area contributed by atoms with Crippen LogP contribution in [0.5, 0.6) is 0 Å². The highest BCUT2D eigenvalue weighted by Crippen LogP contribution is 2.39. The fourth-order valence-corrected chi connectivity index (χ4v) is 4.60. The number of thiophene rings is 1. The maximum Gasteiger partial charge on any atom is 0.107 e. The third-order valence-electron chi connectivity index (χ3n) is 4.63. The van der Waals surface area contributed by atoms with Crippen LogP contribution in [0, 0.1) is 17.8 Å². The molecule has 1 saturated carbocycles. The van der Waals surface area contributed by atoms with Crippen LogP contribution in [0.1, 0.15) is 57.9 Å². The minimum atomic E-state index is -0.0425. The van der Waals surface area contributed by atoms with Crippen LogP contribution in [-0.2, 0) is 4.74 Å². The summed E-state index contributed by atoms with van der Waals surface area (Å²) >= 11 is 7.66. The predicted octanol–water partition coefficient (Wildman–Crippen LogP) is 5.27. The quantitative estimate of drug-likeness (QED) is 0.798. The second-order valence-electron chi connectivity index (χ2n) is 6.92. The van der Waals surface area contributed by atoms with Gasteiger partial charge in [-0.2, -0.15) is 0 Å². The highest BCUT2D eigenvalue weighted by Gasteiger charge is 2.34. The Morgan fingerprint density at radius 3 is 2.52 bits per heavy atom. The fourth-order valence-electron chi connectivity index (χ4n) is 3.39. The topological polar surface area (TPSA) is 35.2 Å². The molecule has 1 aromatic rings. The summed E-state index contributed by atoms with van der Waals surface area (Å²) in [5.74, 6) is 2.03. The summed E-state index contributed by atoms with van der Waals surface area (Å²) in [6.07, 6.45) is 3.99. The molecule has 0 spiro atoms. The Bertz CT molecular complexity index is 446. The van der Waals surface area contributed by atoms with Crippen molar-refractivity contribution < 1.29 is 4.74 Å². The van der Waals surface area contributed by atoms with Gasteiger partial charge in [0, 0.05) is 10.9 Å². The molecule has 0 radical (unpaired) electrons. The van der Waals surface area contributed by atoms with Crippen LogP contribution in [0.15, 0.2) is 12.1 Å². The third-order valence-corrected chi connectivity index (χ3v) is 5.93.